The van der Waals surface area contributed by atoms with E-state index >= 15 is 0 Å². The molecule has 0 amide bonds. The quantitative estimate of drug-likeness (QED) is 0.644. The van der Waals surface area contributed by atoms with Gasteiger partial charge < -0.3 is 20.1 Å². The normalized spacial score (nSPS) is 23.5. The van der Waals surface area contributed by atoms with Crippen LogP contribution in [-0.4, -0.2) is 36.8 Å². The molecule has 24 heavy (non-hydrogen) atoms. The SMILES string of the molecule is CN=C(NCc1cc(F)cc2c1OCOC2)NCC1(C)CCCS1. The summed E-state index contributed by atoms with van der Waals surface area (Å²) in [5, 5.41) is 6.62. The summed E-state index contributed by atoms with van der Waals surface area (Å²) in [6.07, 6.45) is 2.48. The van der Waals surface area contributed by atoms with E-state index in [9.17, 15) is 4.39 Å². The molecule has 132 valence electrons. The molecule has 1 aromatic rings. The number of halogens is 1. The van der Waals surface area contributed by atoms with Crippen molar-refractivity contribution < 1.29 is 13.9 Å². The van der Waals surface area contributed by atoms with Gasteiger partial charge >= 0.3 is 0 Å². The number of aliphatic imine (C=N–C) groups is 1. The minimum atomic E-state index is -0.280. The van der Waals surface area contributed by atoms with Gasteiger partial charge in [-0.1, -0.05) is 0 Å². The van der Waals surface area contributed by atoms with Crippen LogP contribution in [-0.2, 0) is 17.9 Å². The molecule has 2 aliphatic heterocycles. The first-order valence-electron chi connectivity index (χ1n) is 8.20. The van der Waals surface area contributed by atoms with E-state index in [2.05, 4.69) is 22.5 Å². The number of guanidine groups is 1. The molecule has 0 spiro atoms. The van der Waals surface area contributed by atoms with Crippen LogP contribution in [0.5, 0.6) is 5.75 Å². The minimum Gasteiger partial charge on any atom is -0.467 e. The molecule has 1 fully saturated rings. The topological polar surface area (TPSA) is 54.9 Å². The van der Waals surface area contributed by atoms with Crippen LogP contribution in [0.15, 0.2) is 17.1 Å². The summed E-state index contributed by atoms with van der Waals surface area (Å²) in [5.74, 6) is 2.37. The van der Waals surface area contributed by atoms with Gasteiger partial charge in [-0.3, -0.25) is 4.99 Å². The summed E-state index contributed by atoms with van der Waals surface area (Å²) in [5.41, 5.74) is 1.52. The second-order valence-corrected chi connectivity index (χ2v) is 8.03. The molecule has 3 rings (SSSR count). The molecule has 7 heteroatoms. The number of thioether (sulfide) groups is 1. The molecule has 2 aliphatic rings. The Hall–Kier alpha value is -1.47. The Balaban J connectivity index is 1.60. The number of rotatable bonds is 4. The van der Waals surface area contributed by atoms with Crippen molar-refractivity contribution >= 4 is 17.7 Å². The summed E-state index contributed by atoms with van der Waals surface area (Å²) < 4.78 is 24.8. The monoisotopic (exact) mass is 353 g/mol. The average Bonchev–Trinajstić information content (AvgIpc) is 3.01. The van der Waals surface area contributed by atoms with Crippen molar-refractivity contribution in [3.63, 3.8) is 0 Å². The zero-order valence-corrected chi connectivity index (χ0v) is 15.0. The van der Waals surface area contributed by atoms with Crippen molar-refractivity contribution in [2.45, 2.75) is 37.7 Å². The number of ether oxygens (including phenoxy) is 2. The fourth-order valence-electron chi connectivity index (χ4n) is 3.03. The number of benzene rings is 1. The van der Waals surface area contributed by atoms with Crippen LogP contribution >= 0.6 is 11.8 Å². The Kier molecular flexibility index (Phi) is 5.50. The van der Waals surface area contributed by atoms with Crippen LogP contribution in [0.2, 0.25) is 0 Å². The molecule has 2 heterocycles. The molecule has 1 atom stereocenters. The highest BCUT2D eigenvalue weighted by atomic mass is 32.2. The van der Waals surface area contributed by atoms with Gasteiger partial charge in [-0.05, 0) is 37.7 Å². The third-order valence-electron chi connectivity index (χ3n) is 4.35. The molecular weight excluding hydrogens is 329 g/mol. The zero-order valence-electron chi connectivity index (χ0n) is 14.2. The van der Waals surface area contributed by atoms with Crippen molar-refractivity contribution in [1.82, 2.24) is 10.6 Å². The number of nitrogens with one attached hydrogen (secondary N) is 2. The average molecular weight is 353 g/mol. The van der Waals surface area contributed by atoms with Gasteiger partial charge in [0.15, 0.2) is 12.8 Å². The summed E-state index contributed by atoms with van der Waals surface area (Å²) in [7, 11) is 1.74. The fourth-order valence-corrected chi connectivity index (χ4v) is 4.28. The molecule has 0 aliphatic carbocycles. The molecule has 0 radical (unpaired) electrons. The van der Waals surface area contributed by atoms with Gasteiger partial charge in [-0.15, -0.1) is 0 Å². The van der Waals surface area contributed by atoms with E-state index in [1.54, 1.807) is 7.05 Å². The highest BCUT2D eigenvalue weighted by molar-refractivity contribution is 8.00. The van der Waals surface area contributed by atoms with Crippen LogP contribution in [0.25, 0.3) is 0 Å². The molecule has 1 aromatic carbocycles. The van der Waals surface area contributed by atoms with Crippen molar-refractivity contribution in [3.05, 3.63) is 29.1 Å². The van der Waals surface area contributed by atoms with E-state index < -0.39 is 0 Å². The van der Waals surface area contributed by atoms with E-state index in [-0.39, 0.29) is 17.4 Å². The number of hydrogen-bond acceptors (Lipinski definition) is 4. The van der Waals surface area contributed by atoms with Crippen molar-refractivity contribution in [3.8, 4) is 5.75 Å². The van der Waals surface area contributed by atoms with E-state index in [1.165, 1.54) is 30.7 Å². The lowest BCUT2D eigenvalue weighted by atomic mass is 10.1. The van der Waals surface area contributed by atoms with E-state index in [0.717, 1.165) is 17.7 Å². The zero-order chi connectivity index (χ0) is 17.0. The van der Waals surface area contributed by atoms with E-state index in [1.807, 2.05) is 11.8 Å². The first kappa shape index (κ1) is 17.4. The lowest BCUT2D eigenvalue weighted by molar-refractivity contribution is -0.0172. The van der Waals surface area contributed by atoms with Crippen molar-refractivity contribution in [2.75, 3.05) is 26.1 Å². The van der Waals surface area contributed by atoms with Gasteiger partial charge in [0.25, 0.3) is 0 Å². The van der Waals surface area contributed by atoms with E-state index in [4.69, 9.17) is 9.47 Å². The Bertz CT molecular complexity index is 618. The van der Waals surface area contributed by atoms with Crippen LogP contribution in [0.3, 0.4) is 0 Å². The lowest BCUT2D eigenvalue weighted by Crippen LogP contribution is -2.43. The van der Waals surface area contributed by atoms with Crippen molar-refractivity contribution in [2.24, 2.45) is 4.99 Å². The molecule has 0 aromatic heterocycles. The second kappa shape index (κ2) is 7.61. The molecule has 1 saturated heterocycles. The summed E-state index contributed by atoms with van der Waals surface area (Å²) >= 11 is 2.00. The van der Waals surface area contributed by atoms with Crippen LogP contribution in [0.1, 0.15) is 30.9 Å². The van der Waals surface area contributed by atoms with Gasteiger partial charge in [0.05, 0.1) is 6.61 Å². The van der Waals surface area contributed by atoms with Gasteiger partial charge in [0, 0.05) is 36.0 Å². The van der Waals surface area contributed by atoms with Gasteiger partial charge in [0.2, 0.25) is 0 Å². The van der Waals surface area contributed by atoms with Crippen LogP contribution < -0.4 is 15.4 Å². The highest BCUT2D eigenvalue weighted by Gasteiger charge is 2.29. The standard InChI is InChI=1S/C17H24FN3O2S/c1-17(4-3-5-24-17)10-21-16(19-2)20-8-12-6-14(18)7-13-9-22-11-23-15(12)13/h6-7H,3-5,8-11H2,1-2H3,(H2,19,20,21). The number of fused-ring (bicyclic) bond motifs is 1. The third-order valence-corrected chi connectivity index (χ3v) is 5.89. The van der Waals surface area contributed by atoms with Gasteiger partial charge in [-0.25, -0.2) is 4.39 Å². The van der Waals surface area contributed by atoms with Crippen molar-refractivity contribution in [1.29, 1.82) is 0 Å². The first-order valence-corrected chi connectivity index (χ1v) is 9.18. The lowest BCUT2D eigenvalue weighted by Gasteiger charge is -2.25. The Labute approximate surface area is 146 Å². The summed E-state index contributed by atoms with van der Waals surface area (Å²) in [6, 6.07) is 2.96. The highest BCUT2D eigenvalue weighted by Crippen LogP contribution is 2.37. The Morgan fingerprint density at radius 1 is 1.42 bits per heavy atom. The predicted octanol–water partition coefficient (Wildman–Crippen LogP) is 2.64. The second-order valence-electron chi connectivity index (χ2n) is 6.35. The summed E-state index contributed by atoms with van der Waals surface area (Å²) in [4.78, 5) is 4.26. The maximum absolute atomic E-state index is 13.8. The molecule has 5 nitrogen and oxygen atoms in total. The largest absolute Gasteiger partial charge is 0.467 e. The number of hydrogen-bond donors (Lipinski definition) is 2. The molecular formula is C17H24FN3O2S. The molecule has 0 saturated carbocycles. The van der Waals surface area contributed by atoms with Gasteiger partial charge in [0.1, 0.15) is 11.6 Å². The van der Waals surface area contributed by atoms with E-state index in [0.29, 0.717) is 24.9 Å². The summed E-state index contributed by atoms with van der Waals surface area (Å²) in [6.45, 7) is 4.17. The molecule has 0 bridgehead atoms. The molecule has 2 N–H and O–H groups in total. The third kappa shape index (κ3) is 4.13. The van der Waals surface area contributed by atoms with Crippen LogP contribution in [0.4, 0.5) is 4.39 Å². The fraction of sp³-hybridized carbons (Fsp3) is 0.588. The number of nitrogens with zero attached hydrogens (tertiary/aromatic N) is 1. The Morgan fingerprint density at radius 2 is 2.29 bits per heavy atom. The maximum Gasteiger partial charge on any atom is 0.191 e. The maximum atomic E-state index is 13.8. The minimum absolute atomic E-state index is 0.203. The smallest absolute Gasteiger partial charge is 0.191 e. The van der Waals surface area contributed by atoms with Crippen LogP contribution in [0, 0.1) is 5.82 Å². The Morgan fingerprint density at radius 3 is 3.04 bits per heavy atom. The predicted molar refractivity (Wildman–Crippen MR) is 95.0 cm³/mol. The van der Waals surface area contributed by atoms with Gasteiger partial charge in [-0.2, -0.15) is 11.8 Å². The first-order chi connectivity index (χ1) is 11.6. The molecule has 1 unspecified atom stereocenters.